The normalized spacial score (nSPS) is 37.3. The summed E-state index contributed by atoms with van der Waals surface area (Å²) in [6.45, 7) is 5.39. The molecule has 1 saturated carbocycles. The van der Waals surface area contributed by atoms with Gasteiger partial charge in [-0.25, -0.2) is 0 Å². The smallest absolute Gasteiger partial charge is 0.252 e. The molecular weight excluding hydrogens is 344 g/mol. The van der Waals surface area contributed by atoms with Crippen molar-refractivity contribution in [2.75, 3.05) is 20.1 Å². The number of nitrogens with two attached hydrogens (primary N) is 1. The second-order valence-electron chi connectivity index (χ2n) is 8.73. The van der Waals surface area contributed by atoms with E-state index < -0.39 is 16.9 Å². The van der Waals surface area contributed by atoms with Gasteiger partial charge in [0, 0.05) is 36.7 Å². The van der Waals surface area contributed by atoms with E-state index >= 15 is 0 Å². The van der Waals surface area contributed by atoms with Crippen molar-refractivity contribution in [3.05, 3.63) is 41.5 Å². The molecule has 27 heavy (non-hydrogen) atoms. The molecule has 0 radical (unpaired) electrons. The van der Waals surface area contributed by atoms with E-state index in [0.717, 1.165) is 18.7 Å². The molecule has 1 aromatic rings. The number of carbonyl (C=O) groups is 2. The Morgan fingerprint density at radius 3 is 2.85 bits per heavy atom. The van der Waals surface area contributed by atoms with Gasteiger partial charge in [0.1, 0.15) is 23.2 Å². The van der Waals surface area contributed by atoms with Crippen molar-refractivity contribution in [3.8, 4) is 5.75 Å². The molecule has 2 unspecified atom stereocenters. The average molecular weight is 371 g/mol. The molecule has 1 saturated heterocycles. The third kappa shape index (κ3) is 2.20. The van der Waals surface area contributed by atoms with E-state index in [9.17, 15) is 19.8 Å². The zero-order valence-corrected chi connectivity index (χ0v) is 15.7. The topological polar surface area (TPSA) is 101 Å². The van der Waals surface area contributed by atoms with Crippen molar-refractivity contribution in [2.24, 2.45) is 5.73 Å². The van der Waals surface area contributed by atoms with Crippen LogP contribution in [0.2, 0.25) is 0 Å². The third-order valence-corrected chi connectivity index (χ3v) is 7.43. The molecule has 144 valence electrons. The van der Waals surface area contributed by atoms with E-state index in [1.54, 1.807) is 6.07 Å². The number of fused-ring (bicyclic) bond motifs is 1. The molecule has 4 atom stereocenters. The van der Waals surface area contributed by atoms with Crippen LogP contribution in [-0.4, -0.2) is 58.2 Å². The van der Waals surface area contributed by atoms with Crippen molar-refractivity contribution >= 4 is 11.7 Å². The number of hydrogen-bond acceptors (Lipinski definition) is 4. The predicted octanol–water partition coefficient (Wildman–Crippen LogP) is 1.17. The van der Waals surface area contributed by atoms with Gasteiger partial charge in [-0.15, -0.1) is 0 Å². The summed E-state index contributed by atoms with van der Waals surface area (Å²) in [6.07, 6.45) is 3.94. The first-order valence-corrected chi connectivity index (χ1v) is 9.53. The zero-order chi connectivity index (χ0) is 19.6. The Balaban J connectivity index is 2.00. The number of likely N-dealkylation sites (N-methyl/N-ethyl adjacent to an activating group) is 1. The lowest BCUT2D eigenvalue weighted by atomic mass is 9.48. The van der Waals surface area contributed by atoms with Crippen LogP contribution >= 0.6 is 0 Å². The van der Waals surface area contributed by atoms with Crippen LogP contribution in [0.25, 0.3) is 0 Å². The van der Waals surface area contributed by atoms with Crippen molar-refractivity contribution < 1.29 is 24.3 Å². The van der Waals surface area contributed by atoms with E-state index in [-0.39, 0.29) is 29.6 Å². The second-order valence-corrected chi connectivity index (χ2v) is 8.73. The predicted molar refractivity (Wildman–Crippen MR) is 100 cm³/mol. The number of carbonyl (C=O) groups excluding carboxylic acids is 2. The number of ketones is 1. The van der Waals surface area contributed by atoms with Crippen molar-refractivity contribution in [1.29, 1.82) is 0 Å². The second kappa shape index (κ2) is 5.66. The summed E-state index contributed by atoms with van der Waals surface area (Å²) in [5.41, 5.74) is 4.98. The number of aliphatic hydroxyl groups is 1. The van der Waals surface area contributed by atoms with Gasteiger partial charge in [-0.05, 0) is 24.1 Å². The molecule has 4 rings (SSSR count). The largest absolute Gasteiger partial charge is 0.507 e. The van der Waals surface area contributed by atoms with Gasteiger partial charge < -0.3 is 20.4 Å². The molecule has 0 spiro atoms. The fourth-order valence-corrected chi connectivity index (χ4v) is 6.13. The maximum atomic E-state index is 12.5. The van der Waals surface area contributed by atoms with Crippen molar-refractivity contribution in [2.45, 2.75) is 49.2 Å². The molecule has 6 nitrogen and oxygen atoms in total. The highest BCUT2D eigenvalue weighted by Gasteiger charge is 2.69. The SMILES string of the molecule is C=CC[N@+]1(C)CCC23CC(=O)CC[C@@]2(O)C1Cc1ccc(C(N)=O)c(O)c13. The first kappa shape index (κ1) is 18.2. The summed E-state index contributed by atoms with van der Waals surface area (Å²) in [6, 6.07) is 3.28. The van der Waals surface area contributed by atoms with E-state index in [1.807, 2.05) is 12.1 Å². The number of nitrogens with zero attached hydrogens (tertiary/aromatic N) is 1. The summed E-state index contributed by atoms with van der Waals surface area (Å²) in [7, 11) is 2.13. The third-order valence-electron chi connectivity index (χ3n) is 7.43. The molecule has 2 aliphatic carbocycles. The summed E-state index contributed by atoms with van der Waals surface area (Å²) in [5, 5.41) is 23.0. The fraction of sp³-hybridized carbons (Fsp3) is 0.524. The number of primary amides is 1. The highest BCUT2D eigenvalue weighted by molar-refractivity contribution is 5.96. The number of rotatable bonds is 3. The molecule has 0 aromatic heterocycles. The maximum Gasteiger partial charge on any atom is 0.252 e. The van der Waals surface area contributed by atoms with Crippen LogP contribution in [0.15, 0.2) is 24.8 Å². The van der Waals surface area contributed by atoms with Gasteiger partial charge >= 0.3 is 0 Å². The first-order valence-electron chi connectivity index (χ1n) is 9.53. The minimum Gasteiger partial charge on any atom is -0.507 e. The fourth-order valence-electron chi connectivity index (χ4n) is 6.13. The van der Waals surface area contributed by atoms with E-state index in [4.69, 9.17) is 5.73 Å². The van der Waals surface area contributed by atoms with Gasteiger partial charge in [0.15, 0.2) is 0 Å². The lowest BCUT2D eigenvalue weighted by Gasteiger charge is -2.64. The van der Waals surface area contributed by atoms with E-state index in [1.165, 1.54) is 0 Å². The lowest BCUT2D eigenvalue weighted by molar-refractivity contribution is -0.944. The highest BCUT2D eigenvalue weighted by Crippen LogP contribution is 2.60. The molecule has 6 heteroatoms. The van der Waals surface area contributed by atoms with Crippen LogP contribution in [-0.2, 0) is 16.6 Å². The minimum atomic E-state index is -1.11. The summed E-state index contributed by atoms with van der Waals surface area (Å²) >= 11 is 0. The molecule has 3 aliphatic rings. The minimum absolute atomic E-state index is 0.0517. The summed E-state index contributed by atoms with van der Waals surface area (Å²) in [4.78, 5) is 24.3. The Hall–Kier alpha value is -2.18. The number of phenols is 1. The van der Waals surface area contributed by atoms with Crippen LogP contribution in [0.4, 0.5) is 0 Å². The molecule has 2 bridgehead atoms. The standard InChI is InChI=1S/C21H26N2O4/c1-3-9-23(2)10-8-20-12-14(24)6-7-21(20,27)16(23)11-13-4-5-15(19(22)26)18(25)17(13)20/h3-5,16,27H,1,6-12H2,2H3,(H2-,22,25,26)/p+1/t16?,20?,21-,23-/m1/s1. The van der Waals surface area contributed by atoms with Crippen LogP contribution in [0.5, 0.6) is 5.75 Å². The summed E-state index contributed by atoms with van der Waals surface area (Å²) in [5.74, 6) is -0.774. The monoisotopic (exact) mass is 371 g/mol. The van der Waals surface area contributed by atoms with Gasteiger partial charge in [-0.1, -0.05) is 12.6 Å². The van der Waals surface area contributed by atoms with Gasteiger partial charge in [-0.3, -0.25) is 9.59 Å². The van der Waals surface area contributed by atoms with E-state index in [2.05, 4.69) is 13.6 Å². The Bertz CT molecular complexity index is 866. The van der Waals surface area contributed by atoms with Gasteiger partial charge in [0.05, 0.1) is 25.7 Å². The van der Waals surface area contributed by atoms with Crippen LogP contribution < -0.4 is 5.73 Å². The molecule has 1 amide bonds. The Labute approximate surface area is 158 Å². The highest BCUT2D eigenvalue weighted by atomic mass is 16.3. The van der Waals surface area contributed by atoms with Gasteiger partial charge in [-0.2, -0.15) is 0 Å². The average Bonchev–Trinajstić information content (AvgIpc) is 2.59. The molecule has 2 fully saturated rings. The van der Waals surface area contributed by atoms with Gasteiger partial charge in [0.25, 0.3) is 5.91 Å². The summed E-state index contributed by atoms with van der Waals surface area (Å²) < 4.78 is 0.660. The molecule has 4 N–H and O–H groups in total. The molecule has 1 aromatic carbocycles. The zero-order valence-electron chi connectivity index (χ0n) is 15.7. The van der Waals surface area contributed by atoms with Crippen LogP contribution in [0.3, 0.4) is 0 Å². The number of amides is 1. The number of piperidine rings is 1. The first-order chi connectivity index (χ1) is 12.7. The molecular formula is C21H27N2O4+. The number of hydrogen-bond donors (Lipinski definition) is 3. The van der Waals surface area contributed by atoms with Gasteiger partial charge in [0.2, 0.25) is 0 Å². The van der Waals surface area contributed by atoms with E-state index in [0.29, 0.717) is 35.7 Å². The Kier molecular flexibility index (Phi) is 3.81. The Morgan fingerprint density at radius 1 is 1.44 bits per heavy atom. The molecule has 1 heterocycles. The number of quaternary nitrogens is 1. The van der Waals surface area contributed by atoms with Crippen LogP contribution in [0.1, 0.15) is 47.2 Å². The lowest BCUT2D eigenvalue weighted by Crippen LogP contribution is -2.78. The van der Waals surface area contributed by atoms with Crippen molar-refractivity contribution in [1.82, 2.24) is 0 Å². The number of Topliss-reactive ketones (excluding diaryl/α,β-unsaturated/α-hetero) is 1. The number of benzene rings is 1. The maximum absolute atomic E-state index is 12.5. The van der Waals surface area contributed by atoms with Crippen molar-refractivity contribution in [3.63, 3.8) is 0 Å². The quantitative estimate of drug-likeness (QED) is 0.548. The van der Waals surface area contributed by atoms with Crippen LogP contribution in [0, 0.1) is 0 Å². The number of aromatic hydroxyl groups is 1. The Morgan fingerprint density at radius 2 is 2.19 bits per heavy atom. The molecule has 1 aliphatic heterocycles. The number of likely N-dealkylation sites (tertiary alicyclic amines) is 1.